The second-order valence-corrected chi connectivity index (χ2v) is 7.81. The van der Waals surface area contributed by atoms with E-state index in [2.05, 4.69) is 57.9 Å². The summed E-state index contributed by atoms with van der Waals surface area (Å²) in [6.07, 6.45) is 1.71. The minimum absolute atomic E-state index is 0.0398. The highest BCUT2D eigenvalue weighted by Crippen LogP contribution is 2.19. The Morgan fingerprint density at radius 2 is 2.00 bits per heavy atom. The van der Waals surface area contributed by atoms with Crippen molar-refractivity contribution in [1.82, 2.24) is 14.9 Å². The molecule has 0 atom stereocenters. The number of fused-ring (bicyclic) bond motifs is 1. The molecule has 0 unspecified atom stereocenters. The number of aromatic nitrogens is 2. The average Bonchev–Trinajstić information content (AvgIpc) is 2.95. The molecule has 136 valence electrons. The smallest absolute Gasteiger partial charge is 0.251 e. The average molecular weight is 414 g/mol. The predicted octanol–water partition coefficient (Wildman–Crippen LogP) is 4.82. The molecule has 5 heteroatoms. The van der Waals surface area contributed by atoms with Crippen molar-refractivity contribution in [3.05, 3.63) is 64.4 Å². The van der Waals surface area contributed by atoms with E-state index >= 15 is 0 Å². The molecule has 26 heavy (non-hydrogen) atoms. The van der Waals surface area contributed by atoms with Crippen LogP contribution in [0.2, 0.25) is 0 Å². The highest BCUT2D eigenvalue weighted by molar-refractivity contribution is 9.10. The summed E-state index contributed by atoms with van der Waals surface area (Å²) < 4.78 is 3.23. The van der Waals surface area contributed by atoms with Crippen molar-refractivity contribution in [3.8, 4) is 0 Å². The molecule has 0 saturated heterocycles. The van der Waals surface area contributed by atoms with Crippen LogP contribution in [0.3, 0.4) is 0 Å². The molecular weight excluding hydrogens is 390 g/mol. The summed E-state index contributed by atoms with van der Waals surface area (Å²) in [4.78, 5) is 17.0. The highest BCUT2D eigenvalue weighted by atomic mass is 79.9. The third kappa shape index (κ3) is 4.52. The molecule has 0 aliphatic carbocycles. The molecule has 0 fully saturated rings. The number of halogens is 1. The number of amides is 1. The van der Waals surface area contributed by atoms with Crippen molar-refractivity contribution in [2.24, 2.45) is 5.92 Å². The van der Waals surface area contributed by atoms with Gasteiger partial charge in [0.2, 0.25) is 0 Å². The van der Waals surface area contributed by atoms with Crippen LogP contribution in [0, 0.1) is 5.92 Å². The predicted molar refractivity (Wildman–Crippen MR) is 109 cm³/mol. The van der Waals surface area contributed by atoms with Gasteiger partial charge in [-0.15, -0.1) is 0 Å². The monoisotopic (exact) mass is 413 g/mol. The molecule has 2 aromatic carbocycles. The van der Waals surface area contributed by atoms with Crippen LogP contribution in [0.15, 0.2) is 53.0 Å². The Bertz CT molecular complexity index is 901. The van der Waals surface area contributed by atoms with Crippen molar-refractivity contribution in [3.63, 3.8) is 0 Å². The molecule has 3 rings (SSSR count). The first kappa shape index (κ1) is 18.6. The fourth-order valence-electron chi connectivity index (χ4n) is 3.07. The number of hydrogen-bond acceptors (Lipinski definition) is 2. The summed E-state index contributed by atoms with van der Waals surface area (Å²) in [5, 5.41) is 2.99. The zero-order chi connectivity index (χ0) is 18.5. The number of nitrogens with zero attached hydrogens (tertiary/aromatic N) is 2. The Morgan fingerprint density at radius 3 is 2.77 bits per heavy atom. The van der Waals surface area contributed by atoms with Crippen LogP contribution < -0.4 is 5.32 Å². The molecule has 3 aromatic rings. The number of imidazole rings is 1. The van der Waals surface area contributed by atoms with Crippen molar-refractivity contribution in [2.75, 3.05) is 6.54 Å². The second kappa shape index (κ2) is 8.49. The van der Waals surface area contributed by atoms with Gasteiger partial charge in [0.25, 0.3) is 5.91 Å². The Balaban J connectivity index is 1.62. The van der Waals surface area contributed by atoms with E-state index < -0.39 is 0 Å². The minimum atomic E-state index is -0.0398. The molecule has 1 N–H and O–H groups in total. The SMILES string of the molecule is CC(C)Cn1c(CCCNC(=O)c2cccc(Br)c2)nc2ccccc21. The zero-order valence-corrected chi connectivity index (χ0v) is 16.8. The molecular formula is C21H24BrN3O. The molecule has 0 aliphatic rings. The number of aryl methyl sites for hydroxylation is 1. The van der Waals surface area contributed by atoms with Gasteiger partial charge in [-0.05, 0) is 42.7 Å². The van der Waals surface area contributed by atoms with Gasteiger partial charge in [-0.25, -0.2) is 4.98 Å². The molecule has 0 radical (unpaired) electrons. The summed E-state index contributed by atoms with van der Waals surface area (Å²) in [5.74, 6) is 1.61. The van der Waals surface area contributed by atoms with Crippen LogP contribution in [0.5, 0.6) is 0 Å². The standard InChI is InChI=1S/C21H24BrN3O/c1-15(2)14-25-19-10-4-3-9-18(19)24-20(25)11-6-12-23-21(26)16-7-5-8-17(22)13-16/h3-5,7-10,13,15H,6,11-12,14H2,1-2H3,(H,23,26). The van der Waals surface area contributed by atoms with E-state index in [1.807, 2.05) is 30.3 Å². The van der Waals surface area contributed by atoms with Crippen molar-refractivity contribution >= 4 is 32.9 Å². The van der Waals surface area contributed by atoms with Gasteiger partial charge in [0.1, 0.15) is 5.82 Å². The number of benzene rings is 2. The van der Waals surface area contributed by atoms with Crippen LogP contribution >= 0.6 is 15.9 Å². The maximum atomic E-state index is 12.2. The molecule has 1 amide bonds. The van der Waals surface area contributed by atoms with Crippen LogP contribution in [-0.4, -0.2) is 22.0 Å². The summed E-state index contributed by atoms with van der Waals surface area (Å²) >= 11 is 3.40. The molecule has 1 heterocycles. The van der Waals surface area contributed by atoms with Crippen LogP contribution in [0.4, 0.5) is 0 Å². The van der Waals surface area contributed by atoms with E-state index in [1.54, 1.807) is 0 Å². The minimum Gasteiger partial charge on any atom is -0.352 e. The largest absolute Gasteiger partial charge is 0.352 e. The number of para-hydroxylation sites is 2. The van der Waals surface area contributed by atoms with Crippen LogP contribution in [0.25, 0.3) is 11.0 Å². The van der Waals surface area contributed by atoms with Gasteiger partial charge < -0.3 is 9.88 Å². The van der Waals surface area contributed by atoms with Gasteiger partial charge in [0, 0.05) is 29.5 Å². The second-order valence-electron chi connectivity index (χ2n) is 6.89. The molecule has 0 aliphatic heterocycles. The van der Waals surface area contributed by atoms with Crippen LogP contribution in [-0.2, 0) is 13.0 Å². The third-order valence-electron chi connectivity index (χ3n) is 4.23. The van der Waals surface area contributed by atoms with E-state index in [9.17, 15) is 4.79 Å². The van der Waals surface area contributed by atoms with E-state index in [0.29, 0.717) is 18.0 Å². The maximum absolute atomic E-state index is 12.2. The lowest BCUT2D eigenvalue weighted by Crippen LogP contribution is -2.25. The molecule has 0 saturated carbocycles. The quantitative estimate of drug-likeness (QED) is 0.564. The normalized spacial score (nSPS) is 11.2. The number of rotatable bonds is 7. The maximum Gasteiger partial charge on any atom is 0.251 e. The number of hydrogen-bond donors (Lipinski definition) is 1. The first-order valence-corrected chi connectivity index (χ1v) is 9.82. The summed E-state index contributed by atoms with van der Waals surface area (Å²) in [5.41, 5.74) is 2.90. The van der Waals surface area contributed by atoms with Crippen molar-refractivity contribution in [2.45, 2.75) is 33.2 Å². The van der Waals surface area contributed by atoms with Crippen molar-refractivity contribution < 1.29 is 4.79 Å². The van der Waals surface area contributed by atoms with Gasteiger partial charge in [0.15, 0.2) is 0 Å². The third-order valence-corrected chi connectivity index (χ3v) is 4.72. The molecule has 0 bridgehead atoms. The van der Waals surface area contributed by atoms with Gasteiger partial charge in [-0.1, -0.05) is 48.0 Å². The Labute approximate surface area is 162 Å². The summed E-state index contributed by atoms with van der Waals surface area (Å²) in [6, 6.07) is 15.7. The molecule has 4 nitrogen and oxygen atoms in total. The summed E-state index contributed by atoms with van der Waals surface area (Å²) in [7, 11) is 0. The lowest BCUT2D eigenvalue weighted by Gasteiger charge is -2.12. The number of nitrogens with one attached hydrogen (secondary N) is 1. The van der Waals surface area contributed by atoms with Crippen LogP contribution in [0.1, 0.15) is 36.5 Å². The van der Waals surface area contributed by atoms with E-state index in [-0.39, 0.29) is 5.91 Å². The first-order chi connectivity index (χ1) is 12.5. The van der Waals surface area contributed by atoms with Crippen molar-refractivity contribution in [1.29, 1.82) is 0 Å². The van der Waals surface area contributed by atoms with E-state index in [1.165, 1.54) is 5.52 Å². The fourth-order valence-corrected chi connectivity index (χ4v) is 3.46. The summed E-state index contributed by atoms with van der Waals surface area (Å²) in [6.45, 7) is 6.03. The number of carbonyl (C=O) groups is 1. The Kier molecular flexibility index (Phi) is 6.09. The fraction of sp³-hybridized carbons (Fsp3) is 0.333. The lowest BCUT2D eigenvalue weighted by molar-refractivity contribution is 0.0953. The Morgan fingerprint density at radius 1 is 1.19 bits per heavy atom. The lowest BCUT2D eigenvalue weighted by atomic mass is 10.2. The van der Waals surface area contributed by atoms with E-state index in [0.717, 1.165) is 35.2 Å². The molecule has 1 aromatic heterocycles. The zero-order valence-electron chi connectivity index (χ0n) is 15.2. The first-order valence-electron chi connectivity index (χ1n) is 9.02. The van der Waals surface area contributed by atoms with E-state index in [4.69, 9.17) is 4.98 Å². The highest BCUT2D eigenvalue weighted by Gasteiger charge is 2.12. The number of carbonyl (C=O) groups excluding carboxylic acids is 1. The topological polar surface area (TPSA) is 46.9 Å². The van der Waals surface area contributed by atoms with Gasteiger partial charge in [-0.3, -0.25) is 4.79 Å². The van der Waals surface area contributed by atoms with Gasteiger partial charge >= 0.3 is 0 Å². The van der Waals surface area contributed by atoms with Gasteiger partial charge in [0.05, 0.1) is 11.0 Å². The van der Waals surface area contributed by atoms with Gasteiger partial charge in [-0.2, -0.15) is 0 Å². The Hall–Kier alpha value is -2.14. The molecule has 0 spiro atoms.